The Morgan fingerprint density at radius 3 is 1.93 bits per heavy atom. The summed E-state index contributed by atoms with van der Waals surface area (Å²) in [5.41, 5.74) is -0.329. The number of methoxy groups -OCH3 is 6. The predicted octanol–water partition coefficient (Wildman–Crippen LogP) is 2.32. The first-order valence-electron chi connectivity index (χ1n) is 8.44. The van der Waals surface area contributed by atoms with Gasteiger partial charge in [-0.1, -0.05) is 0 Å². The van der Waals surface area contributed by atoms with Gasteiger partial charge in [-0.2, -0.15) is 0 Å². The molecule has 0 atom stereocenters. The maximum atomic E-state index is 13.2. The summed E-state index contributed by atoms with van der Waals surface area (Å²) in [5.74, 6) is -0.280. The van der Waals surface area contributed by atoms with Crippen LogP contribution in [-0.2, 0) is 14.8 Å². The second kappa shape index (κ2) is 9.44. The van der Waals surface area contributed by atoms with Crippen LogP contribution in [0.2, 0.25) is 0 Å². The van der Waals surface area contributed by atoms with Gasteiger partial charge in [0.25, 0.3) is 10.0 Å². The minimum absolute atomic E-state index is 0.0670. The zero-order valence-electron chi connectivity index (χ0n) is 17.4. The zero-order chi connectivity index (χ0) is 22.5. The molecule has 0 aliphatic carbocycles. The number of ether oxygens (including phenoxy) is 6. The van der Waals surface area contributed by atoms with E-state index in [2.05, 4.69) is 4.72 Å². The van der Waals surface area contributed by atoms with Crippen molar-refractivity contribution in [1.82, 2.24) is 0 Å². The third-order valence-corrected chi connectivity index (χ3v) is 5.50. The van der Waals surface area contributed by atoms with Gasteiger partial charge in [0.05, 0.1) is 48.2 Å². The first-order valence-corrected chi connectivity index (χ1v) is 9.92. The minimum atomic E-state index is -4.27. The van der Waals surface area contributed by atoms with Gasteiger partial charge < -0.3 is 28.4 Å². The summed E-state index contributed by atoms with van der Waals surface area (Å²) in [5, 5.41) is 0. The Balaban J connectivity index is 2.76. The van der Waals surface area contributed by atoms with Gasteiger partial charge in [0.2, 0.25) is 5.75 Å². The molecule has 0 unspecified atom stereocenters. The van der Waals surface area contributed by atoms with E-state index < -0.39 is 16.0 Å². The molecule has 0 aliphatic rings. The lowest BCUT2D eigenvalue weighted by molar-refractivity contribution is 0.0601. The van der Waals surface area contributed by atoms with E-state index in [4.69, 9.17) is 28.4 Å². The van der Waals surface area contributed by atoms with E-state index in [0.717, 1.165) is 7.11 Å². The summed E-state index contributed by atoms with van der Waals surface area (Å²) in [6, 6.07) is 5.56. The lowest BCUT2D eigenvalue weighted by Crippen LogP contribution is -2.18. The molecule has 0 bridgehead atoms. The normalized spacial score (nSPS) is 10.7. The Morgan fingerprint density at radius 1 is 0.800 bits per heavy atom. The standard InChI is InChI=1S/C19H23NO9S/c1-24-11-7-8-13(25-2)15(9-11)30(22,23)20-16-12(19(21)29-6)10-14(26-3)17(27-4)18(16)28-5/h7-10,20H,1-6H3. The third-order valence-electron chi connectivity index (χ3n) is 4.13. The molecule has 10 nitrogen and oxygen atoms in total. The number of rotatable bonds is 9. The van der Waals surface area contributed by atoms with Crippen LogP contribution in [0.5, 0.6) is 28.7 Å². The van der Waals surface area contributed by atoms with Crippen LogP contribution < -0.4 is 28.4 Å². The lowest BCUT2D eigenvalue weighted by Gasteiger charge is -2.20. The molecule has 1 N–H and O–H groups in total. The second-order valence-corrected chi connectivity index (χ2v) is 7.33. The van der Waals surface area contributed by atoms with Crippen LogP contribution >= 0.6 is 0 Å². The SMILES string of the molecule is COC(=O)c1cc(OC)c(OC)c(OC)c1NS(=O)(=O)c1cc(OC)ccc1OC. The quantitative estimate of drug-likeness (QED) is 0.585. The van der Waals surface area contributed by atoms with Gasteiger partial charge in [-0.25, -0.2) is 13.2 Å². The summed E-state index contributed by atoms with van der Waals surface area (Å²) in [6.45, 7) is 0. The highest BCUT2D eigenvalue weighted by Gasteiger charge is 2.30. The average molecular weight is 441 g/mol. The lowest BCUT2D eigenvalue weighted by atomic mass is 10.1. The van der Waals surface area contributed by atoms with Crippen LogP contribution in [0.25, 0.3) is 0 Å². The Labute approximate surface area is 174 Å². The molecule has 0 aliphatic heterocycles. The van der Waals surface area contributed by atoms with E-state index in [1.54, 1.807) is 6.07 Å². The summed E-state index contributed by atoms with van der Waals surface area (Å²) < 4.78 is 59.7. The molecule has 164 valence electrons. The van der Waals surface area contributed by atoms with Gasteiger partial charge in [-0.15, -0.1) is 0 Å². The molecule has 30 heavy (non-hydrogen) atoms. The van der Waals surface area contributed by atoms with Crippen molar-refractivity contribution in [2.45, 2.75) is 4.90 Å². The Morgan fingerprint density at radius 2 is 1.43 bits per heavy atom. The molecule has 0 aromatic heterocycles. The molecular weight excluding hydrogens is 418 g/mol. The molecular formula is C19H23NO9S. The fraction of sp³-hybridized carbons (Fsp3) is 0.316. The maximum absolute atomic E-state index is 13.2. The third kappa shape index (κ3) is 4.30. The van der Waals surface area contributed by atoms with Crippen molar-refractivity contribution < 1.29 is 41.6 Å². The molecule has 2 aromatic rings. The van der Waals surface area contributed by atoms with Gasteiger partial charge >= 0.3 is 5.97 Å². The van der Waals surface area contributed by atoms with E-state index in [0.29, 0.717) is 5.75 Å². The van der Waals surface area contributed by atoms with Gasteiger partial charge in [-0.3, -0.25) is 4.72 Å². The minimum Gasteiger partial charge on any atom is -0.497 e. The van der Waals surface area contributed by atoms with Crippen LogP contribution in [-0.4, -0.2) is 57.0 Å². The fourth-order valence-corrected chi connectivity index (χ4v) is 3.98. The number of carbonyl (C=O) groups excluding carboxylic acids is 1. The number of benzene rings is 2. The van der Waals surface area contributed by atoms with Gasteiger partial charge in [0.15, 0.2) is 11.5 Å². The van der Waals surface area contributed by atoms with Gasteiger partial charge in [0, 0.05) is 12.1 Å². The highest BCUT2D eigenvalue weighted by atomic mass is 32.2. The Bertz CT molecular complexity index is 1030. The summed E-state index contributed by atoms with van der Waals surface area (Å²) in [7, 11) is 3.63. The Kier molecular flexibility index (Phi) is 7.22. The van der Waals surface area contributed by atoms with E-state index >= 15 is 0 Å². The zero-order valence-corrected chi connectivity index (χ0v) is 18.2. The van der Waals surface area contributed by atoms with E-state index in [1.165, 1.54) is 53.7 Å². The molecule has 0 fully saturated rings. The first-order chi connectivity index (χ1) is 14.3. The van der Waals surface area contributed by atoms with E-state index in [-0.39, 0.29) is 39.1 Å². The molecule has 0 radical (unpaired) electrons. The number of hydrogen-bond acceptors (Lipinski definition) is 9. The van der Waals surface area contributed by atoms with Crippen LogP contribution in [0.15, 0.2) is 29.2 Å². The van der Waals surface area contributed by atoms with Gasteiger partial charge in [-0.05, 0) is 12.1 Å². The molecule has 0 saturated heterocycles. The number of nitrogens with one attached hydrogen (secondary N) is 1. The van der Waals surface area contributed by atoms with Crippen molar-refractivity contribution in [2.24, 2.45) is 0 Å². The highest BCUT2D eigenvalue weighted by molar-refractivity contribution is 7.92. The van der Waals surface area contributed by atoms with E-state index in [1.807, 2.05) is 0 Å². The average Bonchev–Trinajstić information content (AvgIpc) is 2.76. The smallest absolute Gasteiger partial charge is 0.340 e. The largest absolute Gasteiger partial charge is 0.497 e. The fourth-order valence-electron chi connectivity index (χ4n) is 2.71. The van der Waals surface area contributed by atoms with Crippen LogP contribution in [0.4, 0.5) is 5.69 Å². The van der Waals surface area contributed by atoms with Crippen LogP contribution in [0.1, 0.15) is 10.4 Å². The topological polar surface area (TPSA) is 119 Å². The molecule has 2 rings (SSSR count). The number of esters is 1. The van der Waals surface area contributed by atoms with Crippen molar-refractivity contribution in [3.63, 3.8) is 0 Å². The van der Waals surface area contributed by atoms with Gasteiger partial charge in [0.1, 0.15) is 22.1 Å². The molecule has 0 heterocycles. The first kappa shape index (κ1) is 22.9. The van der Waals surface area contributed by atoms with Crippen molar-refractivity contribution in [2.75, 3.05) is 47.4 Å². The predicted molar refractivity (Wildman–Crippen MR) is 108 cm³/mol. The van der Waals surface area contributed by atoms with Crippen molar-refractivity contribution in [1.29, 1.82) is 0 Å². The molecule has 0 amide bonds. The van der Waals surface area contributed by atoms with Crippen LogP contribution in [0, 0.1) is 0 Å². The van der Waals surface area contributed by atoms with Crippen LogP contribution in [0.3, 0.4) is 0 Å². The second-order valence-electron chi connectivity index (χ2n) is 5.68. The van der Waals surface area contributed by atoms with E-state index in [9.17, 15) is 13.2 Å². The molecule has 2 aromatic carbocycles. The van der Waals surface area contributed by atoms with Crippen molar-refractivity contribution >= 4 is 21.7 Å². The maximum Gasteiger partial charge on any atom is 0.340 e. The van der Waals surface area contributed by atoms with Crippen molar-refractivity contribution in [3.8, 4) is 28.7 Å². The molecule has 0 saturated carbocycles. The number of hydrogen-bond donors (Lipinski definition) is 1. The monoisotopic (exact) mass is 441 g/mol. The number of sulfonamides is 1. The number of carbonyl (C=O) groups is 1. The molecule has 0 spiro atoms. The highest BCUT2D eigenvalue weighted by Crippen LogP contribution is 2.46. The number of anilines is 1. The Hall–Kier alpha value is -3.34. The summed E-state index contributed by atoms with van der Waals surface area (Å²) in [6.07, 6.45) is 0. The molecule has 11 heteroatoms. The van der Waals surface area contributed by atoms with Crippen molar-refractivity contribution in [3.05, 3.63) is 29.8 Å². The summed E-state index contributed by atoms with van der Waals surface area (Å²) >= 11 is 0. The summed E-state index contributed by atoms with van der Waals surface area (Å²) in [4.78, 5) is 12.2.